The Morgan fingerprint density at radius 1 is 1.24 bits per heavy atom. The van der Waals surface area contributed by atoms with Crippen LogP contribution < -0.4 is 0 Å². The Hall–Kier alpha value is -1.35. The predicted octanol–water partition coefficient (Wildman–Crippen LogP) is 3.05. The third-order valence-electron chi connectivity index (χ3n) is 4.65. The Bertz CT molecular complexity index is 436. The molecule has 3 nitrogen and oxygen atoms in total. The van der Waals surface area contributed by atoms with Crippen LogP contribution in [-0.2, 0) is 4.79 Å². The minimum atomic E-state index is 0.251. The highest BCUT2D eigenvalue weighted by molar-refractivity contribution is 5.77. The molecular formula is C18H27NO2. The van der Waals surface area contributed by atoms with E-state index in [-0.39, 0.29) is 18.4 Å². The Morgan fingerprint density at radius 2 is 1.86 bits per heavy atom. The number of carbonyl (C=O) groups is 1. The normalized spacial score (nSPS) is 18.0. The molecule has 0 bridgehead atoms. The van der Waals surface area contributed by atoms with Crippen molar-refractivity contribution in [2.75, 3.05) is 19.7 Å². The molecule has 1 saturated heterocycles. The summed E-state index contributed by atoms with van der Waals surface area (Å²) < 4.78 is 0. The van der Waals surface area contributed by atoms with Crippen LogP contribution in [0.3, 0.4) is 0 Å². The molecule has 1 aromatic carbocycles. The number of nitrogens with zero attached hydrogens (tertiary/aromatic N) is 1. The van der Waals surface area contributed by atoms with Gasteiger partial charge in [-0.2, -0.15) is 0 Å². The Kier molecular flexibility index (Phi) is 5.80. The van der Waals surface area contributed by atoms with E-state index >= 15 is 0 Å². The lowest BCUT2D eigenvalue weighted by molar-refractivity contribution is -0.133. The lowest BCUT2D eigenvalue weighted by Crippen LogP contribution is -2.40. The molecule has 1 N–H and O–H groups in total. The largest absolute Gasteiger partial charge is 0.396 e. The third-order valence-corrected chi connectivity index (χ3v) is 4.65. The lowest BCUT2D eigenvalue weighted by Gasteiger charge is -2.33. The van der Waals surface area contributed by atoms with Crippen LogP contribution in [0.15, 0.2) is 30.3 Å². The predicted molar refractivity (Wildman–Crippen MR) is 85.0 cm³/mol. The first-order chi connectivity index (χ1) is 10.1. The number of piperidine rings is 1. The summed E-state index contributed by atoms with van der Waals surface area (Å²) in [5.74, 6) is 1.37. The second kappa shape index (κ2) is 7.60. The van der Waals surface area contributed by atoms with Gasteiger partial charge in [-0.25, -0.2) is 0 Å². The first-order valence-corrected chi connectivity index (χ1v) is 8.05. The van der Waals surface area contributed by atoms with E-state index in [9.17, 15) is 9.90 Å². The first kappa shape index (κ1) is 16.0. The zero-order chi connectivity index (χ0) is 15.2. The van der Waals surface area contributed by atoms with E-state index in [0.717, 1.165) is 25.9 Å². The minimum absolute atomic E-state index is 0.251. The maximum Gasteiger partial charge on any atom is 0.223 e. The summed E-state index contributed by atoms with van der Waals surface area (Å²) in [6.45, 7) is 6.21. The molecule has 21 heavy (non-hydrogen) atoms. The van der Waals surface area contributed by atoms with Crippen LogP contribution in [0.5, 0.6) is 0 Å². The number of amides is 1. The quantitative estimate of drug-likeness (QED) is 0.905. The molecule has 0 saturated carbocycles. The number of benzene rings is 1. The summed E-state index contributed by atoms with van der Waals surface area (Å²) in [5.41, 5.74) is 1.26. The standard InChI is InChI=1S/C18H27NO2/c1-14(2)17(16-6-4-3-5-7-16)12-18(21)19-10-8-15(13-20)9-11-19/h3-7,14-15,17,20H,8-13H2,1-2H3. The van der Waals surface area contributed by atoms with Gasteiger partial charge in [0.2, 0.25) is 5.91 Å². The van der Waals surface area contributed by atoms with Crippen molar-refractivity contribution in [2.24, 2.45) is 11.8 Å². The van der Waals surface area contributed by atoms with Crippen LogP contribution in [0, 0.1) is 11.8 Å². The summed E-state index contributed by atoms with van der Waals surface area (Å²) in [5, 5.41) is 9.18. The molecule has 0 spiro atoms. The number of aliphatic hydroxyl groups is 1. The molecule has 116 valence electrons. The highest BCUT2D eigenvalue weighted by Crippen LogP contribution is 2.29. The van der Waals surface area contributed by atoms with Crippen molar-refractivity contribution in [3.8, 4) is 0 Å². The maximum atomic E-state index is 12.5. The highest BCUT2D eigenvalue weighted by atomic mass is 16.3. The van der Waals surface area contributed by atoms with E-state index < -0.39 is 0 Å². The van der Waals surface area contributed by atoms with Crippen molar-refractivity contribution >= 4 is 5.91 Å². The van der Waals surface area contributed by atoms with Crippen LogP contribution >= 0.6 is 0 Å². The first-order valence-electron chi connectivity index (χ1n) is 8.05. The summed E-state index contributed by atoms with van der Waals surface area (Å²) in [6.07, 6.45) is 2.45. The molecule has 1 aromatic rings. The van der Waals surface area contributed by atoms with E-state index in [2.05, 4.69) is 26.0 Å². The van der Waals surface area contributed by atoms with Gasteiger partial charge in [-0.3, -0.25) is 4.79 Å². The van der Waals surface area contributed by atoms with E-state index in [1.165, 1.54) is 5.56 Å². The van der Waals surface area contributed by atoms with Gasteiger partial charge in [0.1, 0.15) is 0 Å². The fourth-order valence-electron chi connectivity index (χ4n) is 3.12. The summed E-state index contributed by atoms with van der Waals surface area (Å²) in [6, 6.07) is 10.3. The Labute approximate surface area is 128 Å². The fourth-order valence-corrected chi connectivity index (χ4v) is 3.12. The van der Waals surface area contributed by atoms with E-state index in [1.807, 2.05) is 23.1 Å². The number of hydrogen-bond donors (Lipinski definition) is 1. The van der Waals surface area contributed by atoms with Gasteiger partial charge in [-0.1, -0.05) is 44.2 Å². The maximum absolute atomic E-state index is 12.5. The van der Waals surface area contributed by atoms with Gasteiger partial charge in [0.05, 0.1) is 0 Å². The van der Waals surface area contributed by atoms with E-state index in [0.29, 0.717) is 18.3 Å². The molecule has 3 heteroatoms. The second-order valence-corrected chi connectivity index (χ2v) is 6.47. The number of rotatable bonds is 5. The molecule has 2 rings (SSSR count). The number of carbonyl (C=O) groups excluding carboxylic acids is 1. The molecule has 0 aliphatic carbocycles. The summed E-state index contributed by atoms with van der Waals surface area (Å²) >= 11 is 0. The van der Waals surface area contributed by atoms with Crippen molar-refractivity contribution in [2.45, 2.75) is 39.0 Å². The van der Waals surface area contributed by atoms with E-state index in [4.69, 9.17) is 0 Å². The average molecular weight is 289 g/mol. The van der Waals surface area contributed by atoms with Crippen molar-refractivity contribution in [3.63, 3.8) is 0 Å². The van der Waals surface area contributed by atoms with Crippen molar-refractivity contribution in [1.29, 1.82) is 0 Å². The molecule has 0 radical (unpaired) electrons. The molecule has 1 amide bonds. The number of likely N-dealkylation sites (tertiary alicyclic amines) is 1. The van der Waals surface area contributed by atoms with Crippen LogP contribution in [0.1, 0.15) is 44.6 Å². The zero-order valence-corrected chi connectivity index (χ0v) is 13.2. The Morgan fingerprint density at radius 3 is 2.38 bits per heavy atom. The van der Waals surface area contributed by atoms with Gasteiger partial charge in [0.15, 0.2) is 0 Å². The van der Waals surface area contributed by atoms with Crippen LogP contribution in [-0.4, -0.2) is 35.6 Å². The second-order valence-electron chi connectivity index (χ2n) is 6.47. The molecule has 0 aromatic heterocycles. The molecular weight excluding hydrogens is 262 g/mol. The van der Waals surface area contributed by atoms with Gasteiger partial charge in [0, 0.05) is 26.1 Å². The van der Waals surface area contributed by atoms with Gasteiger partial charge >= 0.3 is 0 Å². The van der Waals surface area contributed by atoms with E-state index in [1.54, 1.807) is 0 Å². The van der Waals surface area contributed by atoms with Crippen molar-refractivity contribution in [3.05, 3.63) is 35.9 Å². The minimum Gasteiger partial charge on any atom is -0.396 e. The smallest absolute Gasteiger partial charge is 0.223 e. The van der Waals surface area contributed by atoms with Gasteiger partial charge in [0.25, 0.3) is 0 Å². The van der Waals surface area contributed by atoms with Crippen LogP contribution in [0.25, 0.3) is 0 Å². The summed E-state index contributed by atoms with van der Waals surface area (Å²) in [7, 11) is 0. The van der Waals surface area contributed by atoms with Gasteiger partial charge < -0.3 is 10.0 Å². The third kappa shape index (κ3) is 4.31. The monoisotopic (exact) mass is 289 g/mol. The Balaban J connectivity index is 1.96. The van der Waals surface area contributed by atoms with Crippen molar-refractivity contribution in [1.82, 2.24) is 4.90 Å². The number of aliphatic hydroxyl groups excluding tert-OH is 1. The fraction of sp³-hybridized carbons (Fsp3) is 0.611. The lowest BCUT2D eigenvalue weighted by atomic mass is 9.85. The molecule has 1 aliphatic rings. The van der Waals surface area contributed by atoms with Crippen molar-refractivity contribution < 1.29 is 9.90 Å². The highest BCUT2D eigenvalue weighted by Gasteiger charge is 2.26. The zero-order valence-electron chi connectivity index (χ0n) is 13.2. The van der Waals surface area contributed by atoms with Crippen LogP contribution in [0.4, 0.5) is 0 Å². The molecule has 1 aliphatic heterocycles. The van der Waals surface area contributed by atoms with Crippen LogP contribution in [0.2, 0.25) is 0 Å². The van der Waals surface area contributed by atoms with Gasteiger partial charge in [-0.15, -0.1) is 0 Å². The number of hydrogen-bond acceptors (Lipinski definition) is 2. The molecule has 1 atom stereocenters. The topological polar surface area (TPSA) is 40.5 Å². The summed E-state index contributed by atoms with van der Waals surface area (Å²) in [4.78, 5) is 14.5. The SMILES string of the molecule is CC(C)C(CC(=O)N1CCC(CO)CC1)c1ccccc1. The van der Waals surface area contributed by atoms with Gasteiger partial charge in [-0.05, 0) is 36.2 Å². The molecule has 1 fully saturated rings. The molecule has 1 heterocycles. The average Bonchev–Trinajstić information content (AvgIpc) is 2.53. The molecule has 1 unspecified atom stereocenters.